The van der Waals surface area contributed by atoms with Gasteiger partial charge in [-0.1, -0.05) is 0 Å². The van der Waals surface area contributed by atoms with Gasteiger partial charge in [0.15, 0.2) is 5.58 Å². The van der Waals surface area contributed by atoms with E-state index >= 15 is 0 Å². The van der Waals surface area contributed by atoms with Gasteiger partial charge in [0.25, 0.3) is 0 Å². The van der Waals surface area contributed by atoms with E-state index in [1.165, 1.54) is 4.57 Å². The van der Waals surface area contributed by atoms with Gasteiger partial charge in [-0.05, 0) is 34.1 Å². The molecule has 0 aliphatic heterocycles. The van der Waals surface area contributed by atoms with Gasteiger partial charge in [-0.2, -0.15) is 0 Å². The highest BCUT2D eigenvalue weighted by molar-refractivity contribution is 9.10. The zero-order valence-corrected chi connectivity index (χ0v) is 11.9. The van der Waals surface area contributed by atoms with E-state index in [1.54, 1.807) is 17.7 Å². The summed E-state index contributed by atoms with van der Waals surface area (Å²) >= 11 is 3.45. The van der Waals surface area contributed by atoms with Crippen LogP contribution in [0.2, 0.25) is 0 Å². The van der Waals surface area contributed by atoms with Gasteiger partial charge in [0.2, 0.25) is 5.95 Å². The highest BCUT2D eigenvalue weighted by Crippen LogP contribution is 2.30. The molecule has 0 saturated heterocycles. The van der Waals surface area contributed by atoms with E-state index in [0.29, 0.717) is 11.5 Å². The van der Waals surface area contributed by atoms with E-state index in [4.69, 9.17) is 10.2 Å². The van der Waals surface area contributed by atoms with Crippen LogP contribution in [0.15, 0.2) is 32.0 Å². The molecule has 0 bridgehead atoms. The number of oxazole rings is 1. The summed E-state index contributed by atoms with van der Waals surface area (Å²) in [6.45, 7) is 0. The van der Waals surface area contributed by atoms with Gasteiger partial charge in [0.1, 0.15) is 10.3 Å². The molecule has 98 valence electrons. The van der Waals surface area contributed by atoms with E-state index in [0.717, 1.165) is 21.4 Å². The van der Waals surface area contributed by atoms with Crippen molar-refractivity contribution in [1.29, 1.82) is 0 Å². The van der Waals surface area contributed by atoms with Crippen LogP contribution >= 0.6 is 15.9 Å². The Morgan fingerprint density at radius 1 is 1.32 bits per heavy atom. The maximum Gasteiger partial charge on any atom is 0.419 e. The van der Waals surface area contributed by atoms with Gasteiger partial charge in [-0.3, -0.25) is 4.57 Å². The predicted molar refractivity (Wildman–Crippen MR) is 75.8 cm³/mol. The molecule has 3 aromatic rings. The summed E-state index contributed by atoms with van der Waals surface area (Å²) in [4.78, 5) is 15.8. The first-order chi connectivity index (χ1) is 8.99. The number of imidazole rings is 1. The van der Waals surface area contributed by atoms with Crippen LogP contribution in [0.5, 0.6) is 0 Å². The summed E-state index contributed by atoms with van der Waals surface area (Å²) in [5.74, 6) is 0.0369. The van der Waals surface area contributed by atoms with E-state index in [-0.39, 0.29) is 5.76 Å². The summed E-state index contributed by atoms with van der Waals surface area (Å²) in [5.41, 5.74) is 8.64. The molecule has 0 aliphatic rings. The van der Waals surface area contributed by atoms with Gasteiger partial charge < -0.3 is 14.7 Å². The van der Waals surface area contributed by atoms with Crippen LogP contribution in [0.1, 0.15) is 0 Å². The Balaban J connectivity index is 2.28. The van der Waals surface area contributed by atoms with Crippen molar-refractivity contribution in [1.82, 2.24) is 14.1 Å². The third-order valence-electron chi connectivity index (χ3n) is 3.12. The zero-order valence-electron chi connectivity index (χ0n) is 10.3. The first-order valence-electron chi connectivity index (χ1n) is 5.56. The molecular weight excluding hydrogens is 312 g/mol. The first-order valence-corrected chi connectivity index (χ1v) is 6.36. The molecule has 0 amide bonds. The Morgan fingerprint density at radius 2 is 2.05 bits per heavy atom. The number of nitrogen functional groups attached to an aromatic ring is 1. The van der Waals surface area contributed by atoms with Gasteiger partial charge in [-0.15, -0.1) is 0 Å². The van der Waals surface area contributed by atoms with Crippen molar-refractivity contribution in [3.8, 4) is 11.3 Å². The topological polar surface area (TPSA) is 79.0 Å². The van der Waals surface area contributed by atoms with Gasteiger partial charge >= 0.3 is 5.76 Å². The van der Waals surface area contributed by atoms with E-state index in [1.807, 2.05) is 19.2 Å². The number of nitrogens with two attached hydrogens (primary N) is 1. The lowest BCUT2D eigenvalue weighted by Gasteiger charge is -1.99. The lowest BCUT2D eigenvalue weighted by Crippen LogP contribution is -2.08. The number of aromatic nitrogens is 3. The van der Waals surface area contributed by atoms with Crippen molar-refractivity contribution in [3.05, 3.63) is 33.4 Å². The number of anilines is 1. The quantitative estimate of drug-likeness (QED) is 0.741. The highest BCUT2D eigenvalue weighted by Gasteiger charge is 2.14. The Bertz CT molecular complexity index is 843. The largest absolute Gasteiger partial charge is 0.419 e. The van der Waals surface area contributed by atoms with Gasteiger partial charge in [0.05, 0.1) is 5.52 Å². The minimum Gasteiger partial charge on any atom is -0.408 e. The van der Waals surface area contributed by atoms with Crippen LogP contribution in [-0.2, 0) is 14.1 Å². The van der Waals surface area contributed by atoms with E-state index < -0.39 is 0 Å². The van der Waals surface area contributed by atoms with Crippen molar-refractivity contribution in [2.75, 3.05) is 5.73 Å². The molecule has 2 N–H and O–H groups in total. The fraction of sp³-hybridized carbons (Fsp3) is 0.167. The minimum absolute atomic E-state index is 0.383. The standard InChI is InChI=1S/C12H11BrN4O2/c1-16-7-5-6(3-4-8(7)19-12(16)18)9-10(13)17(2)11(14)15-9/h3-5H,1-2H3,(H2,14,15). The van der Waals surface area contributed by atoms with Gasteiger partial charge in [-0.25, -0.2) is 9.78 Å². The molecule has 7 heteroatoms. The molecule has 2 heterocycles. The smallest absolute Gasteiger partial charge is 0.408 e. The molecule has 19 heavy (non-hydrogen) atoms. The number of aryl methyl sites for hydroxylation is 1. The zero-order chi connectivity index (χ0) is 13.7. The number of hydrogen-bond acceptors (Lipinski definition) is 4. The van der Waals surface area contributed by atoms with Gasteiger partial charge in [0, 0.05) is 19.7 Å². The molecule has 0 spiro atoms. The molecule has 0 atom stereocenters. The maximum atomic E-state index is 11.5. The predicted octanol–water partition coefficient (Wildman–Crippen LogP) is 1.88. The highest BCUT2D eigenvalue weighted by atomic mass is 79.9. The average molecular weight is 323 g/mol. The summed E-state index contributed by atoms with van der Waals surface area (Å²) in [6.07, 6.45) is 0. The van der Waals surface area contributed by atoms with Crippen molar-refractivity contribution >= 4 is 33.0 Å². The lowest BCUT2D eigenvalue weighted by molar-refractivity contribution is 0.528. The SMILES string of the molecule is Cn1c(N)nc(-c2ccc3oc(=O)n(C)c3c2)c1Br. The molecule has 0 radical (unpaired) electrons. The Kier molecular flexibility index (Phi) is 2.53. The van der Waals surface area contributed by atoms with E-state index in [9.17, 15) is 4.79 Å². The summed E-state index contributed by atoms with van der Waals surface area (Å²) in [5, 5.41) is 0. The Labute approximate surface area is 116 Å². The Morgan fingerprint density at radius 3 is 2.68 bits per heavy atom. The molecular formula is C12H11BrN4O2. The van der Waals surface area contributed by atoms with Crippen LogP contribution in [0.25, 0.3) is 22.4 Å². The molecule has 0 fully saturated rings. The second-order valence-corrected chi connectivity index (χ2v) is 5.03. The number of benzene rings is 1. The number of hydrogen-bond donors (Lipinski definition) is 1. The van der Waals surface area contributed by atoms with E-state index in [2.05, 4.69) is 20.9 Å². The number of nitrogens with zero attached hydrogens (tertiary/aromatic N) is 3. The summed E-state index contributed by atoms with van der Waals surface area (Å²) in [6, 6.07) is 5.45. The fourth-order valence-electron chi connectivity index (χ4n) is 1.95. The lowest BCUT2D eigenvalue weighted by atomic mass is 10.1. The fourth-order valence-corrected chi connectivity index (χ4v) is 2.45. The van der Waals surface area contributed by atoms with Crippen molar-refractivity contribution in [2.24, 2.45) is 14.1 Å². The summed E-state index contributed by atoms with van der Waals surface area (Å²) in [7, 11) is 3.49. The molecule has 0 unspecified atom stereocenters. The maximum absolute atomic E-state index is 11.5. The monoisotopic (exact) mass is 322 g/mol. The normalized spacial score (nSPS) is 11.3. The van der Waals surface area contributed by atoms with Crippen LogP contribution in [0.3, 0.4) is 0 Å². The minimum atomic E-state index is -0.383. The van der Waals surface area contributed by atoms with Crippen molar-refractivity contribution in [3.63, 3.8) is 0 Å². The van der Waals surface area contributed by atoms with Crippen LogP contribution < -0.4 is 11.5 Å². The molecule has 1 aromatic carbocycles. The van der Waals surface area contributed by atoms with Crippen LogP contribution in [0, 0.1) is 0 Å². The third kappa shape index (κ3) is 1.69. The number of halogens is 1. The molecule has 0 aliphatic carbocycles. The number of rotatable bonds is 1. The van der Waals surface area contributed by atoms with Crippen LogP contribution in [0.4, 0.5) is 5.95 Å². The van der Waals surface area contributed by atoms with Crippen molar-refractivity contribution in [2.45, 2.75) is 0 Å². The summed E-state index contributed by atoms with van der Waals surface area (Å²) < 4.78 is 9.09. The molecule has 0 saturated carbocycles. The Hall–Kier alpha value is -2.02. The van der Waals surface area contributed by atoms with Crippen molar-refractivity contribution < 1.29 is 4.42 Å². The first kappa shape index (κ1) is 12.0. The second-order valence-electron chi connectivity index (χ2n) is 4.28. The molecule has 2 aromatic heterocycles. The molecule has 3 rings (SSSR count). The number of fused-ring (bicyclic) bond motifs is 1. The average Bonchev–Trinajstić information content (AvgIpc) is 2.82. The third-order valence-corrected chi connectivity index (χ3v) is 4.03. The second kappa shape index (κ2) is 3.99. The van der Waals surface area contributed by atoms with Crippen LogP contribution in [-0.4, -0.2) is 14.1 Å². The molecule has 6 nitrogen and oxygen atoms in total.